The minimum absolute atomic E-state index is 0.0733. The van der Waals surface area contributed by atoms with Crippen LogP contribution in [0.25, 0.3) is 0 Å². The first-order valence-corrected chi connectivity index (χ1v) is 6.52. The second kappa shape index (κ2) is 6.57. The zero-order chi connectivity index (χ0) is 14.5. The van der Waals surface area contributed by atoms with Gasteiger partial charge in [-0.25, -0.2) is 0 Å². The predicted molar refractivity (Wildman–Crippen MR) is 79.1 cm³/mol. The highest BCUT2D eigenvalue weighted by atomic mass is 16.5. The van der Waals surface area contributed by atoms with E-state index in [2.05, 4.69) is 26.1 Å². The van der Waals surface area contributed by atoms with E-state index in [9.17, 15) is 4.79 Å². The topological polar surface area (TPSA) is 64.3 Å². The number of carbonyl (C=O) groups is 1. The van der Waals surface area contributed by atoms with Crippen LogP contribution >= 0.6 is 0 Å². The van der Waals surface area contributed by atoms with Crippen LogP contribution in [0.3, 0.4) is 0 Å². The number of carbonyl (C=O) groups excluding carboxylic acids is 1. The van der Waals surface area contributed by atoms with Gasteiger partial charge in [-0.05, 0) is 36.5 Å². The van der Waals surface area contributed by atoms with Gasteiger partial charge in [-0.15, -0.1) is 0 Å². The molecule has 0 aliphatic rings. The van der Waals surface area contributed by atoms with Crippen molar-refractivity contribution in [3.63, 3.8) is 0 Å². The van der Waals surface area contributed by atoms with E-state index in [1.807, 2.05) is 19.1 Å². The van der Waals surface area contributed by atoms with Gasteiger partial charge in [-0.3, -0.25) is 4.79 Å². The van der Waals surface area contributed by atoms with E-state index in [-0.39, 0.29) is 17.9 Å². The maximum atomic E-state index is 11.7. The standard InChI is InChI=1S/C15H24N2O2/c1-11-5-6-12(9-13(11)16)17-14(18)10-19-8-7-15(2,3)4/h5-6,9H,7-8,10,16H2,1-4H3,(H,17,18). The molecule has 1 rings (SSSR count). The Hall–Kier alpha value is -1.55. The molecule has 0 saturated carbocycles. The van der Waals surface area contributed by atoms with E-state index in [0.29, 0.717) is 18.0 Å². The molecule has 0 bridgehead atoms. The van der Waals surface area contributed by atoms with Crippen LogP contribution in [0.5, 0.6) is 0 Å². The molecule has 0 radical (unpaired) electrons. The Morgan fingerprint density at radius 3 is 2.63 bits per heavy atom. The molecule has 0 aromatic heterocycles. The summed E-state index contributed by atoms with van der Waals surface area (Å²) in [4.78, 5) is 11.7. The van der Waals surface area contributed by atoms with E-state index in [1.54, 1.807) is 6.07 Å². The lowest BCUT2D eigenvalue weighted by Gasteiger charge is -2.17. The van der Waals surface area contributed by atoms with Crippen molar-refractivity contribution >= 4 is 17.3 Å². The molecule has 0 spiro atoms. The zero-order valence-corrected chi connectivity index (χ0v) is 12.2. The Kier molecular flexibility index (Phi) is 5.36. The predicted octanol–water partition coefficient (Wildman–Crippen LogP) is 2.97. The fourth-order valence-corrected chi connectivity index (χ4v) is 1.46. The van der Waals surface area contributed by atoms with E-state index in [1.165, 1.54) is 0 Å². The molecule has 1 aromatic rings. The summed E-state index contributed by atoms with van der Waals surface area (Å²) in [5, 5.41) is 2.76. The van der Waals surface area contributed by atoms with Crippen molar-refractivity contribution in [2.24, 2.45) is 5.41 Å². The molecule has 0 fully saturated rings. The maximum Gasteiger partial charge on any atom is 0.250 e. The lowest BCUT2D eigenvalue weighted by molar-refractivity contribution is -0.120. The third-order valence-corrected chi connectivity index (χ3v) is 2.79. The fourth-order valence-electron chi connectivity index (χ4n) is 1.46. The minimum atomic E-state index is -0.155. The normalized spacial score (nSPS) is 11.4. The number of nitrogen functional groups attached to an aromatic ring is 1. The van der Waals surface area contributed by atoms with Crippen LogP contribution in [0, 0.1) is 12.3 Å². The molecule has 0 aliphatic carbocycles. The first-order valence-electron chi connectivity index (χ1n) is 6.52. The highest BCUT2D eigenvalue weighted by Gasteiger charge is 2.10. The van der Waals surface area contributed by atoms with Crippen LogP contribution in [-0.2, 0) is 9.53 Å². The van der Waals surface area contributed by atoms with Crippen molar-refractivity contribution in [2.45, 2.75) is 34.1 Å². The zero-order valence-electron chi connectivity index (χ0n) is 12.2. The van der Waals surface area contributed by atoms with Gasteiger partial charge >= 0.3 is 0 Å². The molecule has 0 saturated heterocycles. The van der Waals surface area contributed by atoms with Crippen molar-refractivity contribution in [1.29, 1.82) is 0 Å². The third-order valence-electron chi connectivity index (χ3n) is 2.79. The molecule has 1 aromatic carbocycles. The number of nitrogens with one attached hydrogen (secondary N) is 1. The Morgan fingerprint density at radius 2 is 2.05 bits per heavy atom. The summed E-state index contributed by atoms with van der Waals surface area (Å²) in [6, 6.07) is 5.46. The Bertz CT molecular complexity index is 436. The number of hydrogen-bond acceptors (Lipinski definition) is 3. The third kappa shape index (κ3) is 6.25. The molecule has 106 valence electrons. The van der Waals surface area contributed by atoms with Gasteiger partial charge in [0.25, 0.3) is 0 Å². The van der Waals surface area contributed by atoms with Gasteiger partial charge in [-0.1, -0.05) is 26.8 Å². The van der Waals surface area contributed by atoms with Crippen molar-refractivity contribution < 1.29 is 9.53 Å². The largest absolute Gasteiger partial charge is 0.398 e. The molecule has 4 heteroatoms. The smallest absolute Gasteiger partial charge is 0.250 e. The van der Waals surface area contributed by atoms with Crippen molar-refractivity contribution in [2.75, 3.05) is 24.3 Å². The van der Waals surface area contributed by atoms with E-state index < -0.39 is 0 Å². The lowest BCUT2D eigenvalue weighted by Crippen LogP contribution is -2.20. The quantitative estimate of drug-likeness (QED) is 0.635. The number of benzene rings is 1. The summed E-state index contributed by atoms with van der Waals surface area (Å²) < 4.78 is 5.35. The molecular formula is C15H24N2O2. The van der Waals surface area contributed by atoms with Crippen LogP contribution in [-0.4, -0.2) is 19.1 Å². The SMILES string of the molecule is Cc1ccc(NC(=O)COCCC(C)(C)C)cc1N. The Morgan fingerprint density at radius 1 is 1.37 bits per heavy atom. The number of amides is 1. The number of hydrogen-bond donors (Lipinski definition) is 2. The van der Waals surface area contributed by atoms with Crippen molar-refractivity contribution in [1.82, 2.24) is 0 Å². The molecular weight excluding hydrogens is 240 g/mol. The first-order chi connectivity index (χ1) is 8.78. The average Bonchev–Trinajstić information content (AvgIpc) is 2.28. The minimum Gasteiger partial charge on any atom is -0.398 e. The molecule has 3 N–H and O–H groups in total. The van der Waals surface area contributed by atoms with Gasteiger partial charge in [0.1, 0.15) is 6.61 Å². The monoisotopic (exact) mass is 264 g/mol. The number of ether oxygens (including phenoxy) is 1. The highest BCUT2D eigenvalue weighted by Crippen LogP contribution is 2.18. The van der Waals surface area contributed by atoms with Gasteiger partial charge < -0.3 is 15.8 Å². The molecule has 1 amide bonds. The lowest BCUT2D eigenvalue weighted by atomic mass is 9.93. The molecule has 0 atom stereocenters. The summed E-state index contributed by atoms with van der Waals surface area (Å²) in [6.45, 7) is 9.02. The summed E-state index contributed by atoms with van der Waals surface area (Å²) in [5.41, 5.74) is 8.38. The first kappa shape index (κ1) is 15.5. The molecule has 0 aliphatic heterocycles. The number of rotatable bonds is 5. The van der Waals surface area contributed by atoms with E-state index >= 15 is 0 Å². The van der Waals surface area contributed by atoms with Crippen molar-refractivity contribution in [3.05, 3.63) is 23.8 Å². The second-order valence-electron chi connectivity index (χ2n) is 5.98. The van der Waals surface area contributed by atoms with Crippen molar-refractivity contribution in [3.8, 4) is 0 Å². The van der Waals surface area contributed by atoms with E-state index in [0.717, 1.165) is 12.0 Å². The summed E-state index contributed by atoms with van der Waals surface area (Å²) in [5.74, 6) is -0.155. The summed E-state index contributed by atoms with van der Waals surface area (Å²) in [7, 11) is 0. The van der Waals surface area contributed by atoms with Crippen LogP contribution in [0.2, 0.25) is 0 Å². The van der Waals surface area contributed by atoms with Crippen LogP contribution in [0.1, 0.15) is 32.8 Å². The highest BCUT2D eigenvalue weighted by molar-refractivity contribution is 5.92. The second-order valence-corrected chi connectivity index (χ2v) is 5.98. The van der Waals surface area contributed by atoms with Gasteiger partial charge in [0.05, 0.1) is 0 Å². The molecule has 0 unspecified atom stereocenters. The van der Waals surface area contributed by atoms with Crippen LogP contribution in [0.15, 0.2) is 18.2 Å². The van der Waals surface area contributed by atoms with E-state index in [4.69, 9.17) is 10.5 Å². The Balaban J connectivity index is 2.33. The molecule has 0 heterocycles. The number of anilines is 2. The van der Waals surface area contributed by atoms with Gasteiger partial charge in [0, 0.05) is 18.0 Å². The number of nitrogens with two attached hydrogens (primary N) is 1. The van der Waals surface area contributed by atoms with Gasteiger partial charge in [0.15, 0.2) is 0 Å². The summed E-state index contributed by atoms with van der Waals surface area (Å²) in [6.07, 6.45) is 0.928. The molecule has 19 heavy (non-hydrogen) atoms. The maximum absolute atomic E-state index is 11.7. The molecule has 4 nitrogen and oxygen atoms in total. The fraction of sp³-hybridized carbons (Fsp3) is 0.533. The average molecular weight is 264 g/mol. The van der Waals surface area contributed by atoms with Crippen LogP contribution in [0.4, 0.5) is 11.4 Å². The summed E-state index contributed by atoms with van der Waals surface area (Å²) >= 11 is 0. The van der Waals surface area contributed by atoms with Gasteiger partial charge in [0.2, 0.25) is 5.91 Å². The number of aryl methyl sites for hydroxylation is 1. The van der Waals surface area contributed by atoms with Gasteiger partial charge in [-0.2, -0.15) is 0 Å². The van der Waals surface area contributed by atoms with Crippen LogP contribution < -0.4 is 11.1 Å². The Labute approximate surface area is 115 Å².